The van der Waals surface area contributed by atoms with E-state index < -0.39 is 6.10 Å². The van der Waals surface area contributed by atoms with Gasteiger partial charge in [-0.2, -0.15) is 0 Å². The second-order valence-electron chi connectivity index (χ2n) is 2.21. The second kappa shape index (κ2) is 3.32. The first-order chi connectivity index (χ1) is 4.84. The number of allylic oxidation sites excluding steroid dienone is 3. The second-order valence-corrected chi connectivity index (χ2v) is 2.21. The van der Waals surface area contributed by atoms with E-state index in [-0.39, 0.29) is 0 Å². The monoisotopic (exact) mass is 137 g/mol. The van der Waals surface area contributed by atoms with E-state index in [1.807, 2.05) is 18.2 Å². The standard InChI is InChI=1S/C8H9O2/c9-6-8(10)7-4-2-1-3-5-7/h1-2,5,8,10H,3-4H2. The minimum Gasteiger partial charge on any atom is -0.380 e. The lowest BCUT2D eigenvalue weighted by Gasteiger charge is -2.08. The van der Waals surface area contributed by atoms with Gasteiger partial charge in [-0.05, 0) is 18.4 Å². The van der Waals surface area contributed by atoms with Gasteiger partial charge in [0.2, 0.25) is 6.29 Å². The quantitative estimate of drug-likeness (QED) is 0.570. The molecule has 0 aliphatic heterocycles. The molecule has 1 atom stereocenters. The van der Waals surface area contributed by atoms with Crippen molar-refractivity contribution in [1.29, 1.82) is 0 Å². The molecule has 1 rings (SSSR count). The SMILES string of the molecule is O=[C]C(O)C1=CCC=CC1. The van der Waals surface area contributed by atoms with Gasteiger partial charge in [0.25, 0.3) is 0 Å². The summed E-state index contributed by atoms with van der Waals surface area (Å²) in [5.41, 5.74) is 0.762. The summed E-state index contributed by atoms with van der Waals surface area (Å²) >= 11 is 0. The Bertz CT molecular complexity index is 180. The maximum atomic E-state index is 9.96. The van der Waals surface area contributed by atoms with Crippen molar-refractivity contribution in [3.8, 4) is 0 Å². The highest BCUT2D eigenvalue weighted by molar-refractivity contribution is 5.62. The molecule has 0 aromatic carbocycles. The fourth-order valence-electron chi connectivity index (χ4n) is 0.917. The van der Waals surface area contributed by atoms with Gasteiger partial charge in [0.1, 0.15) is 6.10 Å². The van der Waals surface area contributed by atoms with Crippen LogP contribution in [0, 0.1) is 0 Å². The van der Waals surface area contributed by atoms with Gasteiger partial charge in [0.15, 0.2) is 0 Å². The molecule has 0 heterocycles. The number of aliphatic hydroxyl groups is 1. The van der Waals surface area contributed by atoms with Crippen LogP contribution in [0.1, 0.15) is 12.8 Å². The Morgan fingerprint density at radius 1 is 1.60 bits per heavy atom. The molecule has 0 saturated carbocycles. The van der Waals surface area contributed by atoms with Crippen LogP contribution in [-0.4, -0.2) is 17.5 Å². The van der Waals surface area contributed by atoms with E-state index in [4.69, 9.17) is 5.11 Å². The number of rotatable bonds is 2. The fraction of sp³-hybridized carbons (Fsp3) is 0.375. The third-order valence-corrected chi connectivity index (χ3v) is 1.50. The zero-order chi connectivity index (χ0) is 7.40. The summed E-state index contributed by atoms with van der Waals surface area (Å²) < 4.78 is 0. The van der Waals surface area contributed by atoms with Gasteiger partial charge in [-0.15, -0.1) is 0 Å². The highest BCUT2D eigenvalue weighted by atomic mass is 16.3. The van der Waals surface area contributed by atoms with Crippen molar-refractivity contribution in [2.45, 2.75) is 18.9 Å². The van der Waals surface area contributed by atoms with E-state index in [2.05, 4.69) is 0 Å². The van der Waals surface area contributed by atoms with Gasteiger partial charge < -0.3 is 5.11 Å². The van der Waals surface area contributed by atoms with E-state index in [1.165, 1.54) is 6.29 Å². The van der Waals surface area contributed by atoms with Crippen molar-refractivity contribution < 1.29 is 9.90 Å². The van der Waals surface area contributed by atoms with Crippen molar-refractivity contribution in [2.75, 3.05) is 0 Å². The summed E-state index contributed by atoms with van der Waals surface area (Å²) in [4.78, 5) is 9.96. The molecule has 2 heteroatoms. The minimum absolute atomic E-state index is 0.677. The van der Waals surface area contributed by atoms with E-state index in [0.29, 0.717) is 6.42 Å². The topological polar surface area (TPSA) is 37.3 Å². The molecule has 1 N–H and O–H groups in total. The van der Waals surface area contributed by atoms with E-state index in [1.54, 1.807) is 0 Å². The van der Waals surface area contributed by atoms with Crippen LogP contribution in [0.2, 0.25) is 0 Å². The molecule has 1 radical (unpaired) electrons. The van der Waals surface area contributed by atoms with Crippen LogP contribution in [-0.2, 0) is 4.79 Å². The van der Waals surface area contributed by atoms with Crippen LogP contribution in [0.4, 0.5) is 0 Å². The first kappa shape index (κ1) is 7.22. The van der Waals surface area contributed by atoms with Gasteiger partial charge in [-0.1, -0.05) is 18.2 Å². The Morgan fingerprint density at radius 2 is 2.40 bits per heavy atom. The largest absolute Gasteiger partial charge is 0.380 e. The van der Waals surface area contributed by atoms with Gasteiger partial charge in [0.05, 0.1) is 0 Å². The molecular formula is C8H9O2. The van der Waals surface area contributed by atoms with Crippen molar-refractivity contribution in [3.63, 3.8) is 0 Å². The molecule has 0 aromatic heterocycles. The Labute approximate surface area is 59.9 Å². The Kier molecular flexibility index (Phi) is 2.40. The predicted molar refractivity (Wildman–Crippen MR) is 38.2 cm³/mol. The van der Waals surface area contributed by atoms with Crippen molar-refractivity contribution >= 4 is 6.29 Å². The molecule has 10 heavy (non-hydrogen) atoms. The molecule has 0 spiro atoms. The van der Waals surface area contributed by atoms with Gasteiger partial charge in [-0.3, -0.25) is 4.79 Å². The number of hydrogen-bond donors (Lipinski definition) is 1. The molecule has 1 unspecified atom stereocenters. The van der Waals surface area contributed by atoms with Crippen LogP contribution in [0.5, 0.6) is 0 Å². The number of hydrogen-bond acceptors (Lipinski definition) is 2. The van der Waals surface area contributed by atoms with Gasteiger partial charge in [0, 0.05) is 0 Å². The highest BCUT2D eigenvalue weighted by Gasteiger charge is 2.09. The van der Waals surface area contributed by atoms with E-state index >= 15 is 0 Å². The molecule has 1 aliphatic carbocycles. The van der Waals surface area contributed by atoms with E-state index in [0.717, 1.165) is 12.0 Å². The van der Waals surface area contributed by atoms with E-state index in [9.17, 15) is 4.79 Å². The minimum atomic E-state index is -1.01. The van der Waals surface area contributed by atoms with Crippen molar-refractivity contribution in [2.24, 2.45) is 0 Å². The molecule has 2 nitrogen and oxygen atoms in total. The average molecular weight is 137 g/mol. The molecule has 0 aromatic rings. The van der Waals surface area contributed by atoms with Gasteiger partial charge in [-0.25, -0.2) is 0 Å². The molecule has 0 saturated heterocycles. The predicted octanol–water partition coefficient (Wildman–Crippen LogP) is 0.733. The lowest BCUT2D eigenvalue weighted by Crippen LogP contribution is -2.11. The molecule has 0 fully saturated rings. The summed E-state index contributed by atoms with van der Waals surface area (Å²) in [5.74, 6) is 0. The third-order valence-electron chi connectivity index (χ3n) is 1.50. The van der Waals surface area contributed by atoms with Crippen LogP contribution < -0.4 is 0 Å². The molecule has 53 valence electrons. The maximum absolute atomic E-state index is 9.96. The number of aliphatic hydroxyl groups excluding tert-OH is 1. The first-order valence-corrected chi connectivity index (χ1v) is 3.24. The van der Waals surface area contributed by atoms with Gasteiger partial charge >= 0.3 is 0 Å². The zero-order valence-electron chi connectivity index (χ0n) is 5.58. The summed E-state index contributed by atoms with van der Waals surface area (Å²) in [5, 5.41) is 8.96. The summed E-state index contributed by atoms with van der Waals surface area (Å²) in [6, 6.07) is 0. The summed E-state index contributed by atoms with van der Waals surface area (Å²) in [6.07, 6.45) is 7.82. The lowest BCUT2D eigenvalue weighted by molar-refractivity contribution is 0.265. The summed E-state index contributed by atoms with van der Waals surface area (Å²) in [7, 11) is 0. The summed E-state index contributed by atoms with van der Waals surface area (Å²) in [6.45, 7) is 0. The van der Waals surface area contributed by atoms with Crippen LogP contribution in [0.3, 0.4) is 0 Å². The normalized spacial score (nSPS) is 19.9. The van der Waals surface area contributed by atoms with Crippen molar-refractivity contribution in [1.82, 2.24) is 0 Å². The zero-order valence-corrected chi connectivity index (χ0v) is 5.58. The Balaban J connectivity index is 2.55. The third kappa shape index (κ3) is 1.54. The molecular weight excluding hydrogens is 128 g/mol. The van der Waals surface area contributed by atoms with Crippen LogP contribution in [0.15, 0.2) is 23.8 Å². The maximum Gasteiger partial charge on any atom is 0.234 e. The first-order valence-electron chi connectivity index (χ1n) is 3.24. The van der Waals surface area contributed by atoms with Crippen LogP contribution in [0.25, 0.3) is 0 Å². The lowest BCUT2D eigenvalue weighted by atomic mass is 10.0. The Hall–Kier alpha value is -0.890. The highest BCUT2D eigenvalue weighted by Crippen LogP contribution is 2.13. The van der Waals surface area contributed by atoms with Crippen molar-refractivity contribution in [3.05, 3.63) is 23.8 Å². The average Bonchev–Trinajstić information content (AvgIpc) is 2.05. The fourth-order valence-corrected chi connectivity index (χ4v) is 0.917. The molecule has 0 amide bonds. The number of carbonyl (C=O) groups excluding carboxylic acids is 1. The smallest absolute Gasteiger partial charge is 0.234 e. The molecule has 0 bridgehead atoms. The molecule has 1 aliphatic rings. The Morgan fingerprint density at radius 3 is 2.90 bits per heavy atom. The van der Waals surface area contributed by atoms with Crippen LogP contribution >= 0.6 is 0 Å².